The second-order valence-corrected chi connectivity index (χ2v) is 8.52. The van der Waals surface area contributed by atoms with E-state index in [4.69, 9.17) is 9.47 Å². The number of amides is 2. The summed E-state index contributed by atoms with van der Waals surface area (Å²) >= 11 is 0. The molecule has 1 saturated heterocycles. The van der Waals surface area contributed by atoms with Crippen LogP contribution in [0.15, 0.2) is 23.0 Å². The first kappa shape index (κ1) is 23.7. The first-order valence-electron chi connectivity index (χ1n) is 11.9. The predicted molar refractivity (Wildman–Crippen MR) is 124 cm³/mol. The number of rotatable bonds is 4. The van der Waals surface area contributed by atoms with Crippen LogP contribution in [0.4, 0.5) is 4.79 Å². The molecule has 2 aliphatic rings. The van der Waals surface area contributed by atoms with Crippen LogP contribution in [-0.4, -0.2) is 76.7 Å². The molecule has 182 valence electrons. The molecular weight excluding hydrogens is 440 g/mol. The molecule has 0 spiro atoms. The van der Waals surface area contributed by atoms with Crippen molar-refractivity contribution in [2.75, 3.05) is 39.4 Å². The summed E-state index contributed by atoms with van der Waals surface area (Å²) in [5.41, 5.74) is 0.627. The van der Waals surface area contributed by atoms with Gasteiger partial charge in [-0.1, -0.05) is 12.8 Å². The van der Waals surface area contributed by atoms with Gasteiger partial charge in [0.1, 0.15) is 5.82 Å². The van der Waals surface area contributed by atoms with Gasteiger partial charge in [-0.2, -0.15) is 0 Å². The van der Waals surface area contributed by atoms with E-state index in [0.29, 0.717) is 50.2 Å². The number of nitrogens with zero attached hydrogens (tertiary/aromatic N) is 4. The number of hydrogen-bond acceptors (Lipinski definition) is 7. The lowest BCUT2D eigenvalue weighted by molar-refractivity contribution is -0.136. The van der Waals surface area contributed by atoms with Crippen molar-refractivity contribution in [3.05, 3.63) is 39.9 Å². The molecule has 10 heteroatoms. The number of carbonyl (C=O) groups excluding carboxylic acids is 3. The predicted octanol–water partition coefficient (Wildman–Crippen LogP) is 1.97. The molecule has 10 nitrogen and oxygen atoms in total. The average Bonchev–Trinajstić information content (AvgIpc) is 2.83. The number of hydrogen-bond donors (Lipinski definition) is 0. The van der Waals surface area contributed by atoms with Crippen molar-refractivity contribution < 1.29 is 23.9 Å². The Labute approximate surface area is 197 Å². The highest BCUT2D eigenvalue weighted by atomic mass is 16.6. The van der Waals surface area contributed by atoms with Crippen LogP contribution in [0.1, 0.15) is 48.8 Å². The molecule has 4 rings (SSSR count). The Bertz CT molecular complexity index is 1140. The summed E-state index contributed by atoms with van der Waals surface area (Å²) in [7, 11) is 0. The minimum Gasteiger partial charge on any atom is -0.452 e. The van der Waals surface area contributed by atoms with Crippen molar-refractivity contribution >= 4 is 28.9 Å². The summed E-state index contributed by atoms with van der Waals surface area (Å²) in [6, 6.07) is 4.69. The Balaban J connectivity index is 1.38. The first-order valence-corrected chi connectivity index (χ1v) is 11.9. The smallest absolute Gasteiger partial charge is 0.409 e. The molecule has 1 aromatic heterocycles. The summed E-state index contributed by atoms with van der Waals surface area (Å²) < 4.78 is 12.0. The van der Waals surface area contributed by atoms with E-state index in [0.717, 1.165) is 37.9 Å². The van der Waals surface area contributed by atoms with Crippen molar-refractivity contribution in [2.45, 2.75) is 45.6 Å². The molecule has 0 aliphatic carbocycles. The van der Waals surface area contributed by atoms with E-state index in [1.54, 1.807) is 33.4 Å². The number of benzene rings is 1. The number of ether oxygens (including phenoxy) is 2. The monoisotopic (exact) mass is 470 g/mol. The molecule has 1 fully saturated rings. The quantitative estimate of drug-likeness (QED) is 0.628. The fourth-order valence-electron chi connectivity index (χ4n) is 4.38. The highest BCUT2D eigenvalue weighted by Gasteiger charge is 2.25. The van der Waals surface area contributed by atoms with Gasteiger partial charge in [-0.25, -0.2) is 14.6 Å². The fourth-order valence-corrected chi connectivity index (χ4v) is 4.38. The average molecular weight is 471 g/mol. The summed E-state index contributed by atoms with van der Waals surface area (Å²) in [5.74, 6) is -0.218. The van der Waals surface area contributed by atoms with Crippen LogP contribution in [-0.2, 0) is 27.2 Å². The summed E-state index contributed by atoms with van der Waals surface area (Å²) in [5, 5.41) is 0.469. The lowest BCUT2D eigenvalue weighted by Crippen LogP contribution is -2.51. The number of aryl methyl sites for hydroxylation is 1. The maximum Gasteiger partial charge on any atom is 0.409 e. The molecule has 1 aromatic carbocycles. The highest BCUT2D eigenvalue weighted by Crippen LogP contribution is 2.17. The number of carbonyl (C=O) groups is 3. The molecule has 0 unspecified atom stereocenters. The van der Waals surface area contributed by atoms with E-state index in [1.807, 2.05) is 0 Å². The first-order chi connectivity index (χ1) is 16.5. The van der Waals surface area contributed by atoms with Crippen LogP contribution in [0, 0.1) is 0 Å². The van der Waals surface area contributed by atoms with Crippen LogP contribution in [0.25, 0.3) is 10.9 Å². The van der Waals surface area contributed by atoms with Crippen LogP contribution in [0.2, 0.25) is 0 Å². The third kappa shape index (κ3) is 5.21. The van der Waals surface area contributed by atoms with Gasteiger partial charge in [0.15, 0.2) is 6.61 Å². The Morgan fingerprint density at radius 2 is 1.68 bits per heavy atom. The molecule has 0 N–H and O–H groups in total. The maximum atomic E-state index is 12.9. The molecule has 2 aliphatic heterocycles. The Morgan fingerprint density at radius 1 is 0.941 bits per heavy atom. The van der Waals surface area contributed by atoms with Gasteiger partial charge in [0.05, 0.1) is 23.1 Å². The number of fused-ring (bicyclic) bond motifs is 2. The molecule has 0 saturated carbocycles. The Kier molecular flexibility index (Phi) is 7.44. The van der Waals surface area contributed by atoms with E-state index >= 15 is 0 Å². The molecule has 0 bridgehead atoms. The zero-order chi connectivity index (χ0) is 24.1. The number of esters is 1. The lowest BCUT2D eigenvalue weighted by Gasteiger charge is -2.33. The molecule has 0 radical (unpaired) electrons. The summed E-state index contributed by atoms with van der Waals surface area (Å²) in [6.45, 7) is 3.76. The van der Waals surface area contributed by atoms with Gasteiger partial charge in [-0.3, -0.25) is 14.2 Å². The van der Waals surface area contributed by atoms with Crippen molar-refractivity contribution in [2.24, 2.45) is 0 Å². The second-order valence-electron chi connectivity index (χ2n) is 8.52. The molecule has 0 atom stereocenters. The van der Waals surface area contributed by atoms with E-state index in [2.05, 4.69) is 4.98 Å². The number of aromatic nitrogens is 2. The molecule has 3 heterocycles. The third-order valence-electron chi connectivity index (χ3n) is 6.29. The van der Waals surface area contributed by atoms with E-state index in [1.165, 1.54) is 6.07 Å². The highest BCUT2D eigenvalue weighted by molar-refractivity contribution is 5.95. The van der Waals surface area contributed by atoms with Crippen molar-refractivity contribution in [1.29, 1.82) is 0 Å². The van der Waals surface area contributed by atoms with Gasteiger partial charge in [-0.15, -0.1) is 0 Å². The summed E-state index contributed by atoms with van der Waals surface area (Å²) in [6.07, 6.45) is 4.50. The van der Waals surface area contributed by atoms with Gasteiger partial charge in [0.25, 0.3) is 11.5 Å². The van der Waals surface area contributed by atoms with Gasteiger partial charge < -0.3 is 19.3 Å². The normalized spacial score (nSPS) is 16.4. The van der Waals surface area contributed by atoms with Crippen LogP contribution < -0.4 is 5.56 Å². The van der Waals surface area contributed by atoms with Gasteiger partial charge in [0, 0.05) is 39.1 Å². The van der Waals surface area contributed by atoms with Gasteiger partial charge >= 0.3 is 12.1 Å². The fraction of sp³-hybridized carbons (Fsp3) is 0.542. The molecule has 2 amide bonds. The van der Waals surface area contributed by atoms with Crippen molar-refractivity contribution in [1.82, 2.24) is 19.4 Å². The number of piperazine rings is 1. The van der Waals surface area contributed by atoms with Gasteiger partial charge in [0.2, 0.25) is 0 Å². The van der Waals surface area contributed by atoms with E-state index < -0.39 is 18.7 Å². The topological polar surface area (TPSA) is 111 Å². The zero-order valence-electron chi connectivity index (χ0n) is 19.5. The largest absolute Gasteiger partial charge is 0.452 e. The Morgan fingerprint density at radius 3 is 2.44 bits per heavy atom. The second kappa shape index (κ2) is 10.7. The van der Waals surface area contributed by atoms with Crippen LogP contribution in [0.5, 0.6) is 0 Å². The molecule has 2 aromatic rings. The lowest BCUT2D eigenvalue weighted by atomic mass is 10.1. The van der Waals surface area contributed by atoms with Crippen molar-refractivity contribution in [3.63, 3.8) is 0 Å². The summed E-state index contributed by atoms with van der Waals surface area (Å²) in [4.78, 5) is 57.5. The SMILES string of the molecule is CCOC(=O)N1CCN(C(=O)COC(=O)c2ccc3c(=O)n4c(nc3c2)CCCCCC4)CC1. The van der Waals surface area contributed by atoms with Crippen LogP contribution in [0.3, 0.4) is 0 Å². The standard InChI is InChI=1S/C24H30N4O6/c1-2-33-24(32)27-13-11-26(12-14-27)21(29)16-34-23(31)17-8-9-18-19(15-17)25-20-7-5-3-4-6-10-28(20)22(18)30/h8-9,15H,2-7,10-14,16H2,1H3. The maximum absolute atomic E-state index is 12.9. The van der Waals surface area contributed by atoms with E-state index in [-0.39, 0.29) is 17.0 Å². The third-order valence-corrected chi connectivity index (χ3v) is 6.29. The van der Waals surface area contributed by atoms with E-state index in [9.17, 15) is 19.2 Å². The molecule has 34 heavy (non-hydrogen) atoms. The Hall–Kier alpha value is -3.43. The molecular formula is C24H30N4O6. The minimum atomic E-state index is -0.644. The minimum absolute atomic E-state index is 0.0843. The van der Waals surface area contributed by atoms with Crippen molar-refractivity contribution in [3.8, 4) is 0 Å². The zero-order valence-corrected chi connectivity index (χ0v) is 19.5. The van der Waals surface area contributed by atoms with Crippen LogP contribution >= 0.6 is 0 Å². The van der Waals surface area contributed by atoms with Gasteiger partial charge in [-0.05, 0) is 38.0 Å².